The lowest BCUT2D eigenvalue weighted by atomic mass is 9.86. The van der Waals surface area contributed by atoms with Crippen molar-refractivity contribution in [1.29, 1.82) is 0 Å². The van der Waals surface area contributed by atoms with Gasteiger partial charge in [0.25, 0.3) is 5.91 Å². The Morgan fingerprint density at radius 1 is 1.21 bits per heavy atom. The van der Waals surface area contributed by atoms with Crippen LogP contribution in [0.4, 0.5) is 13.2 Å². The summed E-state index contributed by atoms with van der Waals surface area (Å²) in [5.74, 6) is -0.0552. The van der Waals surface area contributed by atoms with Crippen LogP contribution >= 0.6 is 0 Å². The zero-order valence-corrected chi connectivity index (χ0v) is 22.2. The molecule has 0 unspecified atom stereocenters. The third-order valence-electron chi connectivity index (χ3n) is 8.00. The van der Waals surface area contributed by atoms with E-state index in [0.717, 1.165) is 29.8 Å². The van der Waals surface area contributed by atoms with Crippen LogP contribution in [0.1, 0.15) is 73.7 Å². The second-order valence-corrected chi connectivity index (χ2v) is 10.5. The van der Waals surface area contributed by atoms with Crippen LogP contribution in [0.5, 0.6) is 0 Å². The van der Waals surface area contributed by atoms with Gasteiger partial charge in [0.15, 0.2) is 0 Å². The first-order chi connectivity index (χ1) is 20.2. The van der Waals surface area contributed by atoms with E-state index in [2.05, 4.69) is 16.8 Å². The molecule has 2 aliphatic rings. The zero-order chi connectivity index (χ0) is 32.9. The summed E-state index contributed by atoms with van der Waals surface area (Å²) in [7, 11) is -3.20. The largest absolute Gasteiger partial charge is 0.416 e. The number of alkyl halides is 3. The van der Waals surface area contributed by atoms with Crippen molar-refractivity contribution in [2.45, 2.75) is 64.3 Å². The Morgan fingerprint density at radius 3 is 2.47 bits per heavy atom. The van der Waals surface area contributed by atoms with Crippen LogP contribution in [0.15, 0.2) is 36.5 Å². The number of ether oxygens (including phenoxy) is 1. The minimum Gasteiger partial charge on any atom is -0.383 e. The fourth-order valence-electron chi connectivity index (χ4n) is 5.61. The summed E-state index contributed by atoms with van der Waals surface area (Å²) < 4.78 is 93.7. The number of aromatic nitrogens is 1. The van der Waals surface area contributed by atoms with E-state index in [1.165, 1.54) is 4.90 Å². The van der Waals surface area contributed by atoms with E-state index in [1.807, 2.05) is 24.8 Å². The molecule has 38 heavy (non-hydrogen) atoms. The van der Waals surface area contributed by atoms with Gasteiger partial charge in [0.2, 0.25) is 0 Å². The molecule has 2 saturated heterocycles. The Bertz CT molecular complexity index is 1330. The predicted molar refractivity (Wildman–Crippen MR) is 141 cm³/mol. The summed E-state index contributed by atoms with van der Waals surface area (Å²) >= 11 is 0. The van der Waals surface area contributed by atoms with Crippen molar-refractivity contribution in [3.05, 3.63) is 64.5 Å². The number of piperidine rings is 1. The summed E-state index contributed by atoms with van der Waals surface area (Å²) in [6.45, 7) is 6.43. The van der Waals surface area contributed by atoms with Crippen LogP contribution < -0.4 is 0 Å². The highest BCUT2D eigenvalue weighted by atomic mass is 19.4. The molecule has 1 aromatic heterocycles. The van der Waals surface area contributed by atoms with E-state index in [0.29, 0.717) is 50.3 Å². The number of hydrogen-bond donors (Lipinski definition) is 0. The summed E-state index contributed by atoms with van der Waals surface area (Å²) in [6, 6.07) is 2.37. The first kappa shape index (κ1) is 21.3. The number of carbonyl (C=O) groups is 1. The summed E-state index contributed by atoms with van der Waals surface area (Å²) in [4.78, 5) is 23.1. The van der Waals surface area contributed by atoms with Gasteiger partial charge in [-0.1, -0.05) is 12.1 Å². The Hall–Kier alpha value is -2.49. The minimum absolute atomic E-state index is 0.0552. The van der Waals surface area contributed by atoms with E-state index in [9.17, 15) is 19.3 Å². The average Bonchev–Trinajstić information content (AvgIpc) is 2.91. The lowest BCUT2D eigenvalue weighted by Gasteiger charge is -2.52. The smallest absolute Gasteiger partial charge is 0.383 e. The average molecular weight is 539 g/mol. The molecule has 0 saturated carbocycles. The molecule has 2 atom stereocenters. The molecule has 0 aliphatic carbocycles. The van der Waals surface area contributed by atoms with Gasteiger partial charge in [0.1, 0.15) is 0 Å². The van der Waals surface area contributed by atoms with Crippen molar-refractivity contribution in [1.82, 2.24) is 19.7 Å². The maximum atomic E-state index is 13.3. The second-order valence-electron chi connectivity index (χ2n) is 10.5. The number of hydrogen-bond acceptors (Lipinski definition) is 5. The topological polar surface area (TPSA) is 48.9 Å². The molecule has 0 bridgehead atoms. The molecule has 208 valence electrons. The summed E-state index contributed by atoms with van der Waals surface area (Å²) in [6.07, 6.45) is -1.60. The van der Waals surface area contributed by atoms with Crippen molar-refractivity contribution >= 4 is 5.91 Å². The van der Waals surface area contributed by atoms with E-state index >= 15 is 0 Å². The van der Waals surface area contributed by atoms with Gasteiger partial charge in [-0.05, 0) is 69.9 Å². The number of benzene rings is 1. The fourth-order valence-corrected chi connectivity index (χ4v) is 5.61. The Morgan fingerprint density at radius 2 is 1.89 bits per heavy atom. The van der Waals surface area contributed by atoms with Crippen LogP contribution in [0.3, 0.4) is 0 Å². The van der Waals surface area contributed by atoms with Crippen molar-refractivity contribution in [2.24, 2.45) is 0 Å². The third kappa shape index (κ3) is 5.90. The molecular formula is C29H39F3N4O2. The molecule has 0 spiro atoms. The summed E-state index contributed by atoms with van der Waals surface area (Å²) in [5, 5.41) is 0. The van der Waals surface area contributed by atoms with Crippen molar-refractivity contribution in [3.63, 3.8) is 0 Å². The normalized spacial score (nSPS) is 25.8. The SMILES string of the molecule is [2H]C([2H])([2H])OC([2H])([2H])[C@@]([2H])(c1ccc(C(F)(F)F)cc1)N1CCN(C2(C)CCN(C(=O)c3c(C)ccnc3C)CC2)C[C@@H]1C. The van der Waals surface area contributed by atoms with Gasteiger partial charge in [-0.25, -0.2) is 0 Å². The number of carbonyl (C=O) groups excluding carboxylic acids is 1. The Balaban J connectivity index is 1.54. The molecule has 3 heterocycles. The predicted octanol–water partition coefficient (Wildman–Crippen LogP) is 5.11. The lowest BCUT2D eigenvalue weighted by Crippen LogP contribution is -2.62. The molecule has 1 amide bonds. The van der Waals surface area contributed by atoms with Crippen molar-refractivity contribution < 1.29 is 30.9 Å². The number of rotatable bonds is 6. The number of piperazine rings is 1. The molecule has 6 nitrogen and oxygen atoms in total. The minimum atomic E-state index is -4.64. The molecular weight excluding hydrogens is 493 g/mol. The fraction of sp³-hybridized carbons (Fsp3) is 0.586. The molecule has 2 aromatic rings. The van der Waals surface area contributed by atoms with Gasteiger partial charge in [-0.3, -0.25) is 19.6 Å². The van der Waals surface area contributed by atoms with Gasteiger partial charge in [-0.2, -0.15) is 13.2 Å². The highest BCUT2D eigenvalue weighted by Gasteiger charge is 2.41. The van der Waals surface area contributed by atoms with E-state index in [4.69, 9.17) is 11.6 Å². The van der Waals surface area contributed by atoms with Crippen molar-refractivity contribution in [3.8, 4) is 0 Å². The molecule has 4 rings (SSSR count). The number of pyridine rings is 1. The monoisotopic (exact) mass is 538 g/mol. The van der Waals surface area contributed by atoms with Gasteiger partial charge >= 0.3 is 6.18 Å². The number of amides is 1. The molecule has 0 radical (unpaired) electrons. The van der Waals surface area contributed by atoms with Gasteiger partial charge < -0.3 is 9.64 Å². The molecule has 2 fully saturated rings. The molecule has 9 heteroatoms. The van der Waals surface area contributed by atoms with Crippen LogP contribution in [-0.4, -0.2) is 83.5 Å². The van der Waals surface area contributed by atoms with E-state index < -0.39 is 37.4 Å². The number of likely N-dealkylation sites (tertiary alicyclic amines) is 1. The van der Waals surface area contributed by atoms with Crippen LogP contribution in [0.25, 0.3) is 0 Å². The lowest BCUT2D eigenvalue weighted by molar-refractivity contribution is -0.137. The first-order valence-corrected chi connectivity index (χ1v) is 12.8. The molecule has 2 aliphatic heterocycles. The van der Waals surface area contributed by atoms with Gasteiger partial charge in [0.05, 0.1) is 37.6 Å². The van der Waals surface area contributed by atoms with Gasteiger partial charge in [-0.15, -0.1) is 0 Å². The first-order valence-electron chi connectivity index (χ1n) is 15.8. The van der Waals surface area contributed by atoms with E-state index in [1.54, 1.807) is 13.1 Å². The Labute approximate surface area is 232 Å². The number of aryl methyl sites for hydroxylation is 2. The maximum absolute atomic E-state index is 13.3. The van der Waals surface area contributed by atoms with Crippen LogP contribution in [-0.2, 0) is 10.9 Å². The van der Waals surface area contributed by atoms with Crippen LogP contribution in [0, 0.1) is 13.8 Å². The number of methoxy groups -OCH3 is 1. The summed E-state index contributed by atoms with van der Waals surface area (Å²) in [5.41, 5.74) is 0.743. The zero-order valence-electron chi connectivity index (χ0n) is 28.2. The number of halogens is 3. The van der Waals surface area contributed by atoms with E-state index in [-0.39, 0.29) is 23.6 Å². The number of nitrogens with zero attached hydrogens (tertiary/aromatic N) is 4. The Kier molecular flexibility index (Phi) is 6.36. The highest BCUT2D eigenvalue weighted by molar-refractivity contribution is 5.96. The molecule has 1 aromatic carbocycles. The van der Waals surface area contributed by atoms with Gasteiger partial charge in [0, 0.05) is 57.5 Å². The second kappa shape index (κ2) is 11.3. The highest BCUT2D eigenvalue weighted by Crippen LogP contribution is 2.35. The third-order valence-corrected chi connectivity index (χ3v) is 8.00. The standard InChI is InChI=1S/C29H39F3N4O2/c1-20-10-13-33-22(3)26(20)27(37)34-14-11-28(4,12-15-34)35-16-17-36(21(2)18-35)25(19-38-5)23-6-8-24(9-7-23)29(30,31)32/h6-10,13,21,25H,11-12,14-19H2,1-5H3/t21-,25-/m0/s1/i5D3,19D2,25D. The molecule has 0 N–H and O–H groups in total. The van der Waals surface area contributed by atoms with Crippen LogP contribution in [0.2, 0.25) is 0 Å². The quantitative estimate of drug-likeness (QED) is 0.512. The van der Waals surface area contributed by atoms with Crippen molar-refractivity contribution in [2.75, 3.05) is 46.3 Å². The maximum Gasteiger partial charge on any atom is 0.416 e.